The summed E-state index contributed by atoms with van der Waals surface area (Å²) in [5, 5.41) is 0. The molecular formula is C14H18O5. The fourth-order valence-corrected chi connectivity index (χ4v) is 1.38. The van der Waals surface area contributed by atoms with Crippen molar-refractivity contribution in [3.8, 4) is 11.5 Å². The van der Waals surface area contributed by atoms with Gasteiger partial charge >= 0.3 is 5.97 Å². The van der Waals surface area contributed by atoms with Crippen molar-refractivity contribution in [1.29, 1.82) is 0 Å². The maximum absolute atomic E-state index is 11.3. The number of carbonyl (C=O) groups is 2. The molecule has 5 heteroatoms. The second-order valence-electron chi connectivity index (χ2n) is 3.77. The van der Waals surface area contributed by atoms with Crippen molar-refractivity contribution in [3.05, 3.63) is 23.8 Å². The molecule has 0 saturated carbocycles. The Morgan fingerprint density at radius 2 is 2.00 bits per heavy atom. The topological polar surface area (TPSA) is 61.8 Å². The predicted octanol–water partition coefficient (Wildman–Crippen LogP) is 2.23. The number of hydrogen-bond donors (Lipinski definition) is 0. The Hall–Kier alpha value is -2.04. The second-order valence-corrected chi connectivity index (χ2v) is 3.77. The minimum atomic E-state index is -0.427. The van der Waals surface area contributed by atoms with E-state index in [0.29, 0.717) is 30.3 Å². The first-order valence-electron chi connectivity index (χ1n) is 6.21. The van der Waals surface area contributed by atoms with E-state index in [-0.39, 0.29) is 6.61 Å². The van der Waals surface area contributed by atoms with Gasteiger partial charge in [0, 0.05) is 5.56 Å². The van der Waals surface area contributed by atoms with Gasteiger partial charge in [0.1, 0.15) is 6.29 Å². The quantitative estimate of drug-likeness (QED) is 0.533. The average Bonchev–Trinajstić information content (AvgIpc) is 2.43. The van der Waals surface area contributed by atoms with Crippen LogP contribution in [0.15, 0.2) is 18.2 Å². The van der Waals surface area contributed by atoms with Crippen molar-refractivity contribution in [3.63, 3.8) is 0 Å². The van der Waals surface area contributed by atoms with Gasteiger partial charge in [-0.25, -0.2) is 4.79 Å². The highest BCUT2D eigenvalue weighted by Gasteiger charge is 2.09. The normalized spacial score (nSPS) is 9.79. The van der Waals surface area contributed by atoms with Gasteiger partial charge in [-0.15, -0.1) is 0 Å². The van der Waals surface area contributed by atoms with E-state index in [0.717, 1.165) is 12.7 Å². The third-order valence-electron chi connectivity index (χ3n) is 2.22. The summed E-state index contributed by atoms with van der Waals surface area (Å²) in [7, 11) is 0. The molecular weight excluding hydrogens is 248 g/mol. The highest BCUT2D eigenvalue weighted by molar-refractivity contribution is 5.76. The molecule has 0 atom stereocenters. The van der Waals surface area contributed by atoms with Crippen molar-refractivity contribution in [1.82, 2.24) is 0 Å². The second kappa shape index (κ2) is 8.13. The number of esters is 1. The zero-order valence-corrected chi connectivity index (χ0v) is 11.2. The SMILES string of the molecule is CCCOC(=O)COc1ccc(C=O)cc1OCC. The zero-order chi connectivity index (χ0) is 14.1. The minimum absolute atomic E-state index is 0.180. The predicted molar refractivity (Wildman–Crippen MR) is 69.7 cm³/mol. The molecule has 1 aromatic carbocycles. The molecule has 0 bridgehead atoms. The number of hydrogen-bond acceptors (Lipinski definition) is 5. The van der Waals surface area contributed by atoms with E-state index in [4.69, 9.17) is 14.2 Å². The van der Waals surface area contributed by atoms with Crippen molar-refractivity contribution >= 4 is 12.3 Å². The molecule has 0 aromatic heterocycles. The summed E-state index contributed by atoms with van der Waals surface area (Å²) in [5.74, 6) is 0.431. The molecule has 0 spiro atoms. The summed E-state index contributed by atoms with van der Waals surface area (Å²) < 4.78 is 15.6. The molecule has 0 N–H and O–H groups in total. The van der Waals surface area contributed by atoms with Crippen LogP contribution in [0, 0.1) is 0 Å². The van der Waals surface area contributed by atoms with Gasteiger partial charge in [-0.05, 0) is 31.5 Å². The molecule has 104 valence electrons. The summed E-state index contributed by atoms with van der Waals surface area (Å²) in [6.07, 6.45) is 1.49. The Bertz CT molecular complexity index is 428. The van der Waals surface area contributed by atoms with Gasteiger partial charge in [0.25, 0.3) is 0 Å². The third-order valence-corrected chi connectivity index (χ3v) is 2.22. The van der Waals surface area contributed by atoms with Crippen molar-refractivity contribution in [2.24, 2.45) is 0 Å². The van der Waals surface area contributed by atoms with Crippen LogP contribution in [0.1, 0.15) is 30.6 Å². The van der Waals surface area contributed by atoms with E-state index < -0.39 is 5.97 Å². The van der Waals surface area contributed by atoms with Crippen molar-refractivity contribution in [2.75, 3.05) is 19.8 Å². The van der Waals surface area contributed by atoms with E-state index in [1.54, 1.807) is 18.2 Å². The van der Waals surface area contributed by atoms with Crippen molar-refractivity contribution < 1.29 is 23.8 Å². The first-order chi connectivity index (χ1) is 9.21. The molecule has 0 fully saturated rings. The molecule has 0 radical (unpaired) electrons. The lowest BCUT2D eigenvalue weighted by molar-refractivity contribution is -0.146. The van der Waals surface area contributed by atoms with E-state index in [2.05, 4.69) is 0 Å². The van der Waals surface area contributed by atoms with Crippen LogP contribution in [-0.2, 0) is 9.53 Å². The van der Waals surface area contributed by atoms with Gasteiger partial charge in [-0.2, -0.15) is 0 Å². The Kier molecular flexibility index (Phi) is 6.43. The minimum Gasteiger partial charge on any atom is -0.490 e. The van der Waals surface area contributed by atoms with Crippen LogP contribution in [0.2, 0.25) is 0 Å². The summed E-state index contributed by atoms with van der Waals surface area (Å²) in [4.78, 5) is 22.0. The highest BCUT2D eigenvalue weighted by Crippen LogP contribution is 2.28. The fraction of sp³-hybridized carbons (Fsp3) is 0.429. The van der Waals surface area contributed by atoms with Crippen LogP contribution < -0.4 is 9.47 Å². The van der Waals surface area contributed by atoms with Crippen LogP contribution >= 0.6 is 0 Å². The molecule has 0 amide bonds. The molecule has 1 aromatic rings. The molecule has 0 aliphatic carbocycles. The van der Waals surface area contributed by atoms with Gasteiger partial charge in [0.05, 0.1) is 13.2 Å². The monoisotopic (exact) mass is 266 g/mol. The Morgan fingerprint density at radius 3 is 2.63 bits per heavy atom. The molecule has 0 aliphatic heterocycles. The molecule has 19 heavy (non-hydrogen) atoms. The Labute approximate surface area is 112 Å². The number of rotatable bonds is 8. The zero-order valence-electron chi connectivity index (χ0n) is 11.2. The largest absolute Gasteiger partial charge is 0.490 e. The molecule has 0 aliphatic rings. The summed E-state index contributed by atoms with van der Waals surface area (Å²) in [6, 6.07) is 4.77. The van der Waals surface area contributed by atoms with Gasteiger partial charge in [-0.3, -0.25) is 4.79 Å². The third kappa shape index (κ3) is 4.99. The fourth-order valence-electron chi connectivity index (χ4n) is 1.38. The van der Waals surface area contributed by atoms with Gasteiger partial charge in [0.2, 0.25) is 0 Å². The first-order valence-corrected chi connectivity index (χ1v) is 6.21. The smallest absolute Gasteiger partial charge is 0.344 e. The van der Waals surface area contributed by atoms with E-state index in [1.807, 2.05) is 13.8 Å². The highest BCUT2D eigenvalue weighted by atomic mass is 16.6. The van der Waals surface area contributed by atoms with Crippen molar-refractivity contribution in [2.45, 2.75) is 20.3 Å². The number of aldehydes is 1. The average molecular weight is 266 g/mol. The first kappa shape index (κ1) is 15.0. The van der Waals surface area contributed by atoms with E-state index in [9.17, 15) is 9.59 Å². The molecule has 1 rings (SSSR count). The lowest BCUT2D eigenvalue weighted by Crippen LogP contribution is -2.15. The number of carbonyl (C=O) groups excluding carboxylic acids is 2. The number of benzene rings is 1. The summed E-state index contributed by atoms with van der Waals surface area (Å²) in [6.45, 7) is 4.39. The molecule has 0 heterocycles. The van der Waals surface area contributed by atoms with Crippen LogP contribution in [0.4, 0.5) is 0 Å². The molecule has 0 saturated heterocycles. The van der Waals surface area contributed by atoms with Crippen LogP contribution in [0.5, 0.6) is 11.5 Å². The van der Waals surface area contributed by atoms with Gasteiger partial charge in [-0.1, -0.05) is 6.92 Å². The van der Waals surface area contributed by atoms with Crippen LogP contribution in [0.3, 0.4) is 0 Å². The van der Waals surface area contributed by atoms with Crippen LogP contribution in [-0.4, -0.2) is 32.1 Å². The Morgan fingerprint density at radius 1 is 1.21 bits per heavy atom. The van der Waals surface area contributed by atoms with E-state index in [1.165, 1.54) is 0 Å². The van der Waals surface area contributed by atoms with Gasteiger partial charge in [0.15, 0.2) is 18.1 Å². The Balaban J connectivity index is 2.66. The summed E-state index contributed by atoms with van der Waals surface area (Å²) in [5.41, 5.74) is 0.490. The van der Waals surface area contributed by atoms with Crippen LogP contribution in [0.25, 0.3) is 0 Å². The van der Waals surface area contributed by atoms with Gasteiger partial charge < -0.3 is 14.2 Å². The number of ether oxygens (including phenoxy) is 3. The lowest BCUT2D eigenvalue weighted by Gasteiger charge is -2.11. The molecule has 0 unspecified atom stereocenters. The summed E-state index contributed by atoms with van der Waals surface area (Å²) >= 11 is 0. The van der Waals surface area contributed by atoms with E-state index >= 15 is 0 Å². The standard InChI is InChI=1S/C14H18O5/c1-3-7-18-14(16)10-19-12-6-5-11(9-15)8-13(12)17-4-2/h5-6,8-9H,3-4,7,10H2,1-2H3. The maximum atomic E-state index is 11.3. The maximum Gasteiger partial charge on any atom is 0.344 e. The lowest BCUT2D eigenvalue weighted by atomic mass is 10.2. The molecule has 5 nitrogen and oxygen atoms in total.